The first-order chi connectivity index (χ1) is 8.22. The van der Waals surface area contributed by atoms with E-state index in [-0.39, 0.29) is 12.4 Å². The summed E-state index contributed by atoms with van der Waals surface area (Å²) in [6, 6.07) is 4.01. The Morgan fingerprint density at radius 1 is 1.59 bits per heavy atom. The second-order valence-electron chi connectivity index (χ2n) is 4.46. The molecule has 0 unspecified atom stereocenters. The summed E-state index contributed by atoms with van der Waals surface area (Å²) in [6.07, 6.45) is 5.19. The number of Topliss-reactive ketones (excluding diaryl/α,β-unsaturated/α-hetero) is 1. The van der Waals surface area contributed by atoms with Crippen molar-refractivity contribution in [2.75, 3.05) is 18.1 Å². The molecule has 17 heavy (non-hydrogen) atoms. The summed E-state index contributed by atoms with van der Waals surface area (Å²) >= 11 is 0. The van der Waals surface area contributed by atoms with E-state index in [2.05, 4.69) is 9.88 Å². The second kappa shape index (κ2) is 5.27. The van der Waals surface area contributed by atoms with Crippen LogP contribution in [0.15, 0.2) is 18.3 Å². The Hall–Kier alpha value is -1.42. The lowest BCUT2D eigenvalue weighted by Crippen LogP contribution is -2.42. The van der Waals surface area contributed by atoms with E-state index in [0.717, 1.165) is 18.7 Å². The lowest BCUT2D eigenvalue weighted by atomic mass is 9.91. The Morgan fingerprint density at radius 2 is 2.35 bits per heavy atom. The van der Waals surface area contributed by atoms with Crippen molar-refractivity contribution in [3.05, 3.63) is 23.9 Å². The van der Waals surface area contributed by atoms with Crippen LogP contribution < -0.4 is 4.90 Å². The molecule has 1 N–H and O–H groups in total. The van der Waals surface area contributed by atoms with Crippen LogP contribution in [0.25, 0.3) is 0 Å². The van der Waals surface area contributed by atoms with Gasteiger partial charge >= 0.3 is 0 Å². The number of aromatic nitrogens is 1. The Kier molecular flexibility index (Phi) is 3.74. The first-order valence-electron chi connectivity index (χ1n) is 6.07. The minimum Gasteiger partial charge on any atom is -0.395 e. The van der Waals surface area contributed by atoms with Crippen LogP contribution in [-0.4, -0.2) is 35.1 Å². The van der Waals surface area contributed by atoms with Crippen LogP contribution in [0.5, 0.6) is 0 Å². The Morgan fingerprint density at radius 3 is 2.88 bits per heavy atom. The van der Waals surface area contributed by atoms with Crippen LogP contribution >= 0.6 is 0 Å². The van der Waals surface area contributed by atoms with Gasteiger partial charge in [-0.1, -0.05) is 0 Å². The highest BCUT2D eigenvalue weighted by Gasteiger charge is 2.25. The van der Waals surface area contributed by atoms with E-state index < -0.39 is 0 Å². The summed E-state index contributed by atoms with van der Waals surface area (Å²) in [7, 11) is 0. The summed E-state index contributed by atoms with van der Waals surface area (Å²) in [6.45, 7) is 2.25. The third kappa shape index (κ3) is 2.64. The summed E-state index contributed by atoms with van der Waals surface area (Å²) in [4.78, 5) is 17.7. The fourth-order valence-corrected chi connectivity index (χ4v) is 2.08. The molecule has 2 rings (SSSR count). The van der Waals surface area contributed by atoms with Gasteiger partial charge in [-0.25, -0.2) is 4.98 Å². The highest BCUT2D eigenvalue weighted by molar-refractivity contribution is 5.94. The number of hydrogen-bond acceptors (Lipinski definition) is 4. The quantitative estimate of drug-likeness (QED) is 0.787. The molecule has 1 aliphatic carbocycles. The molecule has 0 saturated heterocycles. The third-order valence-corrected chi connectivity index (χ3v) is 3.30. The predicted molar refractivity (Wildman–Crippen MR) is 66.3 cm³/mol. The van der Waals surface area contributed by atoms with E-state index in [1.165, 1.54) is 6.42 Å². The largest absolute Gasteiger partial charge is 0.395 e. The number of aliphatic hydroxyl groups is 1. The van der Waals surface area contributed by atoms with Crippen molar-refractivity contribution in [2.24, 2.45) is 0 Å². The molecule has 0 radical (unpaired) electrons. The molecule has 1 aromatic rings. The van der Waals surface area contributed by atoms with Gasteiger partial charge in [0.2, 0.25) is 0 Å². The standard InChI is InChI=1S/C13H18N2O2/c1-10(17)11-5-6-14-13(9-11)15(7-8-16)12-3-2-4-12/h5-6,9,12,16H,2-4,7-8H2,1H3. The monoisotopic (exact) mass is 234 g/mol. The zero-order valence-corrected chi connectivity index (χ0v) is 10.1. The van der Waals surface area contributed by atoms with Crippen LogP contribution in [-0.2, 0) is 0 Å². The van der Waals surface area contributed by atoms with Crippen LogP contribution in [0.4, 0.5) is 5.82 Å². The van der Waals surface area contributed by atoms with Gasteiger partial charge in [0.15, 0.2) is 5.78 Å². The van der Waals surface area contributed by atoms with Crippen molar-refractivity contribution in [3.63, 3.8) is 0 Å². The summed E-state index contributed by atoms with van der Waals surface area (Å²) < 4.78 is 0. The first-order valence-corrected chi connectivity index (χ1v) is 6.07. The molecule has 1 heterocycles. The average molecular weight is 234 g/mol. The van der Waals surface area contributed by atoms with Gasteiger partial charge in [-0.2, -0.15) is 0 Å². The zero-order valence-electron chi connectivity index (χ0n) is 10.1. The maximum absolute atomic E-state index is 11.3. The van der Waals surface area contributed by atoms with Gasteiger partial charge < -0.3 is 10.0 Å². The Balaban J connectivity index is 2.22. The molecular weight excluding hydrogens is 216 g/mol. The molecule has 4 heteroatoms. The lowest BCUT2D eigenvalue weighted by Gasteiger charge is -2.38. The number of rotatable bonds is 5. The number of hydrogen-bond donors (Lipinski definition) is 1. The number of anilines is 1. The van der Waals surface area contributed by atoms with Gasteiger partial charge in [-0.05, 0) is 38.3 Å². The average Bonchev–Trinajstić information content (AvgIpc) is 2.26. The van der Waals surface area contributed by atoms with E-state index in [9.17, 15) is 4.79 Å². The normalized spacial score (nSPS) is 15.4. The second-order valence-corrected chi connectivity index (χ2v) is 4.46. The smallest absolute Gasteiger partial charge is 0.159 e. The highest BCUT2D eigenvalue weighted by atomic mass is 16.3. The topological polar surface area (TPSA) is 53.4 Å². The van der Waals surface area contributed by atoms with Crippen molar-refractivity contribution in [1.82, 2.24) is 4.98 Å². The molecule has 0 atom stereocenters. The van der Waals surface area contributed by atoms with Crippen molar-refractivity contribution < 1.29 is 9.90 Å². The molecule has 0 aromatic carbocycles. The van der Waals surface area contributed by atoms with E-state index in [1.54, 1.807) is 19.2 Å². The third-order valence-electron chi connectivity index (χ3n) is 3.30. The van der Waals surface area contributed by atoms with Gasteiger partial charge in [0.05, 0.1) is 6.61 Å². The number of pyridine rings is 1. The fourth-order valence-electron chi connectivity index (χ4n) is 2.08. The number of ketones is 1. The minimum atomic E-state index is 0.0474. The van der Waals surface area contributed by atoms with Crippen molar-refractivity contribution in [2.45, 2.75) is 32.2 Å². The van der Waals surface area contributed by atoms with Crippen LogP contribution in [0.1, 0.15) is 36.5 Å². The van der Waals surface area contributed by atoms with Gasteiger partial charge in [0.25, 0.3) is 0 Å². The summed E-state index contributed by atoms with van der Waals surface area (Å²) in [5.74, 6) is 0.850. The molecule has 1 saturated carbocycles. The van der Waals surface area contributed by atoms with Crippen LogP contribution in [0.3, 0.4) is 0 Å². The van der Waals surface area contributed by atoms with Crippen LogP contribution in [0.2, 0.25) is 0 Å². The maximum atomic E-state index is 11.3. The molecule has 1 aromatic heterocycles. The van der Waals surface area contributed by atoms with E-state index in [0.29, 0.717) is 18.2 Å². The van der Waals surface area contributed by atoms with Gasteiger partial charge in [-0.15, -0.1) is 0 Å². The molecular formula is C13H18N2O2. The summed E-state index contributed by atoms with van der Waals surface area (Å²) in [5, 5.41) is 9.11. The fraction of sp³-hybridized carbons (Fsp3) is 0.538. The lowest BCUT2D eigenvalue weighted by molar-refractivity contribution is 0.101. The van der Waals surface area contributed by atoms with E-state index >= 15 is 0 Å². The van der Waals surface area contributed by atoms with Gasteiger partial charge in [0.1, 0.15) is 5.82 Å². The maximum Gasteiger partial charge on any atom is 0.159 e. The zero-order chi connectivity index (χ0) is 12.3. The molecule has 0 spiro atoms. The number of carbonyl (C=O) groups is 1. The molecule has 92 valence electrons. The van der Waals surface area contributed by atoms with Crippen molar-refractivity contribution >= 4 is 11.6 Å². The van der Waals surface area contributed by atoms with E-state index in [1.807, 2.05) is 6.07 Å². The predicted octanol–water partition coefficient (Wildman–Crippen LogP) is 1.64. The number of nitrogens with zero attached hydrogens (tertiary/aromatic N) is 2. The van der Waals surface area contributed by atoms with Gasteiger partial charge in [-0.3, -0.25) is 4.79 Å². The first kappa shape index (κ1) is 12.0. The Bertz CT molecular complexity index is 402. The Labute approximate surface area is 101 Å². The van der Waals surface area contributed by atoms with Crippen molar-refractivity contribution in [3.8, 4) is 0 Å². The molecule has 1 fully saturated rings. The minimum absolute atomic E-state index is 0.0474. The molecule has 0 amide bonds. The number of carbonyl (C=O) groups excluding carboxylic acids is 1. The molecule has 4 nitrogen and oxygen atoms in total. The van der Waals surface area contributed by atoms with Crippen molar-refractivity contribution in [1.29, 1.82) is 0 Å². The van der Waals surface area contributed by atoms with E-state index in [4.69, 9.17) is 5.11 Å². The number of aliphatic hydroxyl groups excluding tert-OH is 1. The van der Waals surface area contributed by atoms with Gasteiger partial charge in [0, 0.05) is 24.3 Å². The molecule has 1 aliphatic rings. The summed E-state index contributed by atoms with van der Waals surface area (Å²) in [5.41, 5.74) is 0.678. The highest BCUT2D eigenvalue weighted by Crippen LogP contribution is 2.28. The molecule has 0 aliphatic heterocycles. The SMILES string of the molecule is CC(=O)c1ccnc(N(CCO)C2CCC2)c1. The van der Waals surface area contributed by atoms with Crippen LogP contribution in [0, 0.1) is 0 Å². The molecule has 0 bridgehead atoms.